The van der Waals surface area contributed by atoms with Crippen LogP contribution >= 0.6 is 0 Å². The smallest absolute Gasteiger partial charge is 0.291 e. The number of hydrogen-bond acceptors (Lipinski definition) is 6. The number of halogens is 6. The summed E-state index contributed by atoms with van der Waals surface area (Å²) in [5.74, 6) is 0. The number of aliphatic hydroxyl groups is 1. The number of aliphatic hydroxyl groups excluding tert-OH is 1. The van der Waals surface area contributed by atoms with Gasteiger partial charge in [-0.15, -0.1) is 37.0 Å². The average Bonchev–Trinajstić information content (AvgIpc) is 2.12. The quantitative estimate of drug-likeness (QED) is 0.311. The molecule has 0 spiro atoms. The first kappa shape index (κ1) is 19.9. The van der Waals surface area contributed by atoms with E-state index in [4.69, 9.17) is 20.4 Å². The third kappa shape index (κ3) is 12.9. The molecule has 116 valence electrons. The summed E-state index contributed by atoms with van der Waals surface area (Å²) in [5.41, 5.74) is -2.31. The van der Waals surface area contributed by atoms with E-state index in [9.17, 15) is 26.9 Å². The van der Waals surface area contributed by atoms with Crippen molar-refractivity contribution in [3.8, 4) is 0 Å². The molecule has 0 heterocycles. The topological polar surface area (TPSA) is 93.3 Å². The van der Waals surface area contributed by atoms with Crippen LogP contribution in [0.1, 0.15) is 0 Å². The zero-order valence-corrected chi connectivity index (χ0v) is 9.10. The van der Waals surface area contributed by atoms with Gasteiger partial charge in [0.2, 0.25) is 0 Å². The first-order valence-electron chi connectivity index (χ1n) is 4.26. The molecule has 0 radical (unpaired) electrons. The Labute approximate surface area is 101 Å². The molecule has 0 fully saturated rings. The molecule has 0 unspecified atom stereocenters. The second kappa shape index (κ2) is 9.54. The summed E-state index contributed by atoms with van der Waals surface area (Å²) >= 11 is 0. The molecular weight excluding hydrogens is 294 g/mol. The Morgan fingerprint density at radius 3 is 1.26 bits per heavy atom. The lowest BCUT2D eigenvalue weighted by molar-refractivity contribution is -0.742. The molecule has 0 rings (SSSR count). The summed E-state index contributed by atoms with van der Waals surface area (Å²) < 4.78 is 70.9. The second-order valence-corrected chi connectivity index (χ2v) is 3.28. The van der Waals surface area contributed by atoms with Crippen LogP contribution in [-0.2, 0) is 0 Å². The van der Waals surface area contributed by atoms with Gasteiger partial charge >= 0.3 is 0 Å². The Morgan fingerprint density at radius 1 is 0.947 bits per heavy atom. The van der Waals surface area contributed by atoms with E-state index in [-0.39, 0.29) is 0 Å². The lowest BCUT2D eigenvalue weighted by Crippen LogP contribution is -2.46. The highest BCUT2D eigenvalue weighted by Gasteiger charge is 2.38. The van der Waals surface area contributed by atoms with Crippen molar-refractivity contribution in [1.29, 1.82) is 0 Å². The third-order valence-electron chi connectivity index (χ3n) is 1.70. The van der Waals surface area contributed by atoms with Gasteiger partial charge in [-0.05, 0) is 0 Å². The zero-order chi connectivity index (χ0) is 15.6. The fourth-order valence-electron chi connectivity index (χ4n) is 1.06. The van der Waals surface area contributed by atoms with E-state index >= 15 is 0 Å². The van der Waals surface area contributed by atoms with Gasteiger partial charge < -0.3 is 10.3 Å². The molecule has 0 amide bonds. The van der Waals surface area contributed by atoms with E-state index in [0.717, 1.165) is 0 Å². The molecule has 0 aromatic rings. The SMILES string of the molecule is O=[N+]([O-])O.OCC(CN(F)F)(CN(F)F)CN(F)F. The van der Waals surface area contributed by atoms with Crippen LogP contribution in [-0.4, -0.2) is 57.7 Å². The molecule has 8 nitrogen and oxygen atoms in total. The van der Waals surface area contributed by atoms with Gasteiger partial charge in [-0.25, -0.2) is 0 Å². The Morgan fingerprint density at radius 2 is 1.16 bits per heavy atom. The molecule has 19 heavy (non-hydrogen) atoms. The molecule has 0 saturated carbocycles. The van der Waals surface area contributed by atoms with Crippen LogP contribution in [0.2, 0.25) is 0 Å². The lowest BCUT2D eigenvalue weighted by Gasteiger charge is -2.30. The fraction of sp³-hybridized carbons (Fsp3) is 1.00. The van der Waals surface area contributed by atoms with Crippen LogP contribution in [0.5, 0.6) is 0 Å². The minimum Gasteiger partial charge on any atom is -0.396 e. The summed E-state index contributed by atoms with van der Waals surface area (Å²) in [7, 11) is 0. The fourth-order valence-corrected chi connectivity index (χ4v) is 1.06. The molecule has 0 aliphatic rings. The largest absolute Gasteiger partial charge is 0.396 e. The highest BCUT2D eigenvalue weighted by atomic mass is 19.4. The molecular formula is C5H10F6N4O4. The van der Waals surface area contributed by atoms with E-state index < -0.39 is 52.8 Å². The maximum Gasteiger partial charge on any atom is 0.291 e. The van der Waals surface area contributed by atoms with Crippen LogP contribution < -0.4 is 0 Å². The van der Waals surface area contributed by atoms with Gasteiger partial charge in [-0.2, -0.15) is 0 Å². The normalized spacial score (nSPS) is 11.7. The summed E-state index contributed by atoms with van der Waals surface area (Å²) in [6.07, 6.45) is 0. The Kier molecular flexibility index (Phi) is 10.0. The summed E-state index contributed by atoms with van der Waals surface area (Å²) in [5, 5.41) is 17.7. The van der Waals surface area contributed by atoms with Crippen LogP contribution in [0.3, 0.4) is 0 Å². The minimum absolute atomic E-state index is 1.22. The highest BCUT2D eigenvalue weighted by Crippen LogP contribution is 2.23. The van der Waals surface area contributed by atoms with Gasteiger partial charge in [0.1, 0.15) is 0 Å². The molecule has 0 aliphatic heterocycles. The second-order valence-electron chi connectivity index (χ2n) is 3.28. The van der Waals surface area contributed by atoms with E-state index in [2.05, 4.69) is 0 Å². The van der Waals surface area contributed by atoms with E-state index in [1.165, 1.54) is 0 Å². The monoisotopic (exact) mass is 304 g/mol. The number of nitrogens with zero attached hydrogens (tertiary/aromatic N) is 4. The van der Waals surface area contributed by atoms with Crippen molar-refractivity contribution in [3.63, 3.8) is 0 Å². The lowest BCUT2D eigenvalue weighted by atomic mass is 9.89. The van der Waals surface area contributed by atoms with Gasteiger partial charge in [0.15, 0.2) is 0 Å². The van der Waals surface area contributed by atoms with Crippen molar-refractivity contribution in [2.24, 2.45) is 5.41 Å². The predicted molar refractivity (Wildman–Crippen MR) is 45.1 cm³/mol. The van der Waals surface area contributed by atoms with Crippen molar-refractivity contribution in [1.82, 2.24) is 16.0 Å². The van der Waals surface area contributed by atoms with Crippen LogP contribution in [0.25, 0.3) is 0 Å². The summed E-state index contributed by atoms with van der Waals surface area (Å²) in [6, 6.07) is 0. The van der Waals surface area contributed by atoms with Crippen LogP contribution in [0.4, 0.5) is 26.9 Å². The number of rotatable bonds is 7. The molecule has 14 heteroatoms. The molecule has 0 atom stereocenters. The molecule has 2 N–H and O–H groups in total. The standard InChI is InChI=1S/C5H9F6N3O.HNO3/c6-12(7)1-5(4-15,2-13(8)9)3-14(10)11;2-1(3)4/h15H,1-4H2;(H,2,3,4). The Hall–Kier alpha value is -1.38. The first-order valence-corrected chi connectivity index (χ1v) is 4.26. The molecule has 0 saturated heterocycles. The van der Waals surface area contributed by atoms with Crippen molar-refractivity contribution >= 4 is 0 Å². The Balaban J connectivity index is 0. The molecule has 0 aromatic carbocycles. The van der Waals surface area contributed by atoms with Crippen molar-refractivity contribution < 1.29 is 42.3 Å². The van der Waals surface area contributed by atoms with Crippen LogP contribution in [0.15, 0.2) is 0 Å². The van der Waals surface area contributed by atoms with Gasteiger partial charge in [0, 0.05) is 21.4 Å². The van der Waals surface area contributed by atoms with Gasteiger partial charge in [0.05, 0.1) is 26.2 Å². The zero-order valence-electron chi connectivity index (χ0n) is 9.10. The summed E-state index contributed by atoms with van der Waals surface area (Å²) in [6.45, 7) is -5.39. The van der Waals surface area contributed by atoms with Crippen molar-refractivity contribution in [2.75, 3.05) is 26.2 Å². The molecule has 0 aliphatic carbocycles. The van der Waals surface area contributed by atoms with E-state index in [1.807, 2.05) is 0 Å². The Bertz CT molecular complexity index is 227. The maximum absolute atomic E-state index is 11.8. The maximum atomic E-state index is 11.8. The van der Waals surface area contributed by atoms with Crippen LogP contribution in [0, 0.1) is 15.5 Å². The third-order valence-corrected chi connectivity index (χ3v) is 1.70. The van der Waals surface area contributed by atoms with Gasteiger partial charge in [0.25, 0.3) is 5.09 Å². The van der Waals surface area contributed by atoms with Crippen molar-refractivity contribution in [2.45, 2.75) is 0 Å². The highest BCUT2D eigenvalue weighted by molar-refractivity contribution is 4.81. The molecule has 0 aromatic heterocycles. The summed E-state index contributed by atoms with van der Waals surface area (Å²) in [4.78, 5) is 8.36. The van der Waals surface area contributed by atoms with E-state index in [1.54, 1.807) is 0 Å². The minimum atomic E-state index is -2.31. The predicted octanol–water partition coefficient (Wildman–Crippen LogP) is 0.830. The average molecular weight is 304 g/mol. The van der Waals surface area contributed by atoms with Gasteiger partial charge in [-0.1, -0.05) is 0 Å². The van der Waals surface area contributed by atoms with E-state index in [0.29, 0.717) is 0 Å². The first-order chi connectivity index (χ1) is 8.54. The van der Waals surface area contributed by atoms with Crippen molar-refractivity contribution in [3.05, 3.63) is 10.1 Å². The van der Waals surface area contributed by atoms with Gasteiger partial charge in [-0.3, -0.25) is 0 Å². The molecule has 0 bridgehead atoms. The number of hydrogen-bond donors (Lipinski definition) is 2.